The molecule has 3 rings (SSSR count). The maximum absolute atomic E-state index is 4.35. The van der Waals surface area contributed by atoms with Crippen LogP contribution in [0, 0.1) is 0 Å². The number of aryl methyl sites for hydroxylation is 2. The maximum Gasteiger partial charge on any atom is 0.158 e. The molecule has 0 aromatic carbocycles. The molecule has 5 heteroatoms. The van der Waals surface area contributed by atoms with Gasteiger partial charge in [0.1, 0.15) is 5.69 Å². The highest BCUT2D eigenvalue weighted by atomic mass is 15.1. The van der Waals surface area contributed by atoms with E-state index in [9.17, 15) is 0 Å². The lowest BCUT2D eigenvalue weighted by molar-refractivity contribution is 0.701. The van der Waals surface area contributed by atoms with Gasteiger partial charge in [0.05, 0.1) is 12.5 Å². The van der Waals surface area contributed by atoms with Crippen molar-refractivity contribution in [2.75, 3.05) is 0 Å². The van der Waals surface area contributed by atoms with E-state index in [-0.39, 0.29) is 0 Å². The normalized spacial score (nSPS) is 10.7. The van der Waals surface area contributed by atoms with Crippen LogP contribution in [0.3, 0.4) is 0 Å². The van der Waals surface area contributed by atoms with Crippen LogP contribution < -0.4 is 0 Å². The van der Waals surface area contributed by atoms with Gasteiger partial charge >= 0.3 is 0 Å². The van der Waals surface area contributed by atoms with E-state index in [4.69, 9.17) is 0 Å². The lowest BCUT2D eigenvalue weighted by atomic mass is 10.2. The first-order valence-electron chi connectivity index (χ1n) is 5.82. The SMILES string of the molecule is c1cc(CCn2ccnc2-c2cnc[nH]2)ccn1. The predicted octanol–water partition coefficient (Wildman–Crippen LogP) is 1.91. The van der Waals surface area contributed by atoms with Crippen LogP contribution in [0.2, 0.25) is 0 Å². The standard InChI is InChI=1S/C13H13N5/c1-4-14-5-2-11(1)3-7-18-8-6-16-13(18)12-9-15-10-17-12/h1-2,4-6,8-10H,3,7H2,(H,15,17). The van der Waals surface area contributed by atoms with E-state index in [0.29, 0.717) is 0 Å². The molecule has 0 spiro atoms. The molecule has 90 valence electrons. The lowest BCUT2D eigenvalue weighted by Crippen LogP contribution is -2.02. The first-order valence-corrected chi connectivity index (χ1v) is 5.82. The number of aromatic nitrogens is 5. The summed E-state index contributed by atoms with van der Waals surface area (Å²) in [7, 11) is 0. The third-order valence-corrected chi connectivity index (χ3v) is 2.85. The zero-order valence-corrected chi connectivity index (χ0v) is 9.82. The van der Waals surface area contributed by atoms with Crippen molar-refractivity contribution in [2.45, 2.75) is 13.0 Å². The van der Waals surface area contributed by atoms with Gasteiger partial charge in [-0.2, -0.15) is 0 Å². The van der Waals surface area contributed by atoms with Crippen LogP contribution in [0.4, 0.5) is 0 Å². The summed E-state index contributed by atoms with van der Waals surface area (Å²) >= 11 is 0. The summed E-state index contributed by atoms with van der Waals surface area (Å²) in [5, 5.41) is 0. The molecule has 0 saturated carbocycles. The van der Waals surface area contributed by atoms with Gasteiger partial charge in [-0.05, 0) is 24.1 Å². The van der Waals surface area contributed by atoms with Crippen LogP contribution in [-0.4, -0.2) is 24.5 Å². The molecule has 3 aromatic heterocycles. The molecular weight excluding hydrogens is 226 g/mol. The minimum Gasteiger partial charge on any atom is -0.342 e. The fourth-order valence-corrected chi connectivity index (χ4v) is 1.91. The summed E-state index contributed by atoms with van der Waals surface area (Å²) in [6.45, 7) is 0.887. The van der Waals surface area contributed by atoms with Gasteiger partial charge in [0.25, 0.3) is 0 Å². The molecule has 0 aliphatic heterocycles. The van der Waals surface area contributed by atoms with E-state index in [1.54, 1.807) is 12.5 Å². The van der Waals surface area contributed by atoms with Crippen molar-refractivity contribution in [3.63, 3.8) is 0 Å². The van der Waals surface area contributed by atoms with Gasteiger partial charge in [0.2, 0.25) is 0 Å². The topological polar surface area (TPSA) is 59.4 Å². The Bertz CT molecular complexity index is 597. The number of H-pyrrole nitrogens is 1. The molecule has 0 amide bonds. The highest BCUT2D eigenvalue weighted by molar-refractivity contribution is 5.47. The number of nitrogens with zero attached hydrogens (tertiary/aromatic N) is 4. The van der Waals surface area contributed by atoms with Gasteiger partial charge in [0, 0.05) is 31.3 Å². The lowest BCUT2D eigenvalue weighted by Gasteiger charge is -2.06. The van der Waals surface area contributed by atoms with Crippen molar-refractivity contribution in [3.05, 3.63) is 55.0 Å². The Kier molecular flexibility index (Phi) is 2.87. The minimum atomic E-state index is 0.887. The summed E-state index contributed by atoms with van der Waals surface area (Å²) in [5.41, 5.74) is 2.21. The Morgan fingerprint density at radius 1 is 1.11 bits per heavy atom. The first-order chi connectivity index (χ1) is 8.93. The van der Waals surface area contributed by atoms with Crippen molar-refractivity contribution >= 4 is 0 Å². The average molecular weight is 239 g/mol. The average Bonchev–Trinajstić information content (AvgIpc) is 3.08. The minimum absolute atomic E-state index is 0.887. The summed E-state index contributed by atoms with van der Waals surface area (Å²) in [4.78, 5) is 15.5. The number of imidazole rings is 2. The highest BCUT2D eigenvalue weighted by Crippen LogP contribution is 2.14. The fourth-order valence-electron chi connectivity index (χ4n) is 1.91. The van der Waals surface area contributed by atoms with Gasteiger partial charge in [-0.15, -0.1) is 0 Å². The number of aromatic amines is 1. The van der Waals surface area contributed by atoms with E-state index in [2.05, 4.69) is 24.5 Å². The molecule has 0 aliphatic carbocycles. The number of rotatable bonds is 4. The van der Waals surface area contributed by atoms with E-state index < -0.39 is 0 Å². The second-order valence-electron chi connectivity index (χ2n) is 4.01. The second kappa shape index (κ2) is 4.83. The van der Waals surface area contributed by atoms with E-state index >= 15 is 0 Å². The maximum atomic E-state index is 4.35. The molecule has 0 unspecified atom stereocenters. The van der Waals surface area contributed by atoms with Crippen LogP contribution >= 0.6 is 0 Å². The van der Waals surface area contributed by atoms with Crippen LogP contribution in [0.15, 0.2) is 49.4 Å². The Morgan fingerprint density at radius 2 is 2.00 bits per heavy atom. The predicted molar refractivity (Wildman–Crippen MR) is 67.7 cm³/mol. The smallest absolute Gasteiger partial charge is 0.158 e. The summed E-state index contributed by atoms with van der Waals surface area (Å²) in [6.07, 6.45) is 11.8. The third kappa shape index (κ3) is 2.15. The molecule has 3 aromatic rings. The number of hydrogen-bond donors (Lipinski definition) is 1. The Labute approximate surface area is 105 Å². The van der Waals surface area contributed by atoms with Gasteiger partial charge in [0.15, 0.2) is 5.82 Å². The summed E-state index contributed by atoms with van der Waals surface area (Å²) in [6, 6.07) is 4.07. The Balaban J connectivity index is 1.76. The van der Waals surface area contributed by atoms with Gasteiger partial charge in [-0.25, -0.2) is 9.97 Å². The molecule has 0 saturated heterocycles. The highest BCUT2D eigenvalue weighted by Gasteiger charge is 2.06. The zero-order valence-electron chi connectivity index (χ0n) is 9.82. The van der Waals surface area contributed by atoms with Crippen LogP contribution in [0.1, 0.15) is 5.56 Å². The molecule has 3 heterocycles. The molecule has 0 aliphatic rings. The Hall–Kier alpha value is -2.43. The Morgan fingerprint density at radius 3 is 2.78 bits per heavy atom. The van der Waals surface area contributed by atoms with Gasteiger partial charge in [-0.3, -0.25) is 4.98 Å². The summed E-state index contributed by atoms with van der Waals surface area (Å²) in [5.74, 6) is 0.918. The molecule has 0 atom stereocenters. The quantitative estimate of drug-likeness (QED) is 0.756. The largest absolute Gasteiger partial charge is 0.342 e. The van der Waals surface area contributed by atoms with Crippen LogP contribution in [0.5, 0.6) is 0 Å². The van der Waals surface area contributed by atoms with Gasteiger partial charge < -0.3 is 9.55 Å². The van der Waals surface area contributed by atoms with Crippen molar-refractivity contribution in [3.8, 4) is 11.5 Å². The first kappa shape index (κ1) is 10.7. The van der Waals surface area contributed by atoms with E-state index in [1.165, 1.54) is 5.56 Å². The number of hydrogen-bond acceptors (Lipinski definition) is 3. The second-order valence-corrected chi connectivity index (χ2v) is 4.01. The van der Waals surface area contributed by atoms with E-state index in [0.717, 1.165) is 24.5 Å². The zero-order chi connectivity index (χ0) is 12.2. The molecular formula is C13H13N5. The number of pyridine rings is 1. The van der Waals surface area contributed by atoms with Crippen molar-refractivity contribution in [1.82, 2.24) is 24.5 Å². The molecule has 1 N–H and O–H groups in total. The van der Waals surface area contributed by atoms with Crippen molar-refractivity contribution < 1.29 is 0 Å². The third-order valence-electron chi connectivity index (χ3n) is 2.85. The molecule has 18 heavy (non-hydrogen) atoms. The fraction of sp³-hybridized carbons (Fsp3) is 0.154. The van der Waals surface area contributed by atoms with Crippen molar-refractivity contribution in [2.24, 2.45) is 0 Å². The monoisotopic (exact) mass is 239 g/mol. The molecule has 5 nitrogen and oxygen atoms in total. The van der Waals surface area contributed by atoms with E-state index in [1.807, 2.05) is 36.9 Å². The van der Waals surface area contributed by atoms with Crippen molar-refractivity contribution in [1.29, 1.82) is 0 Å². The number of nitrogens with one attached hydrogen (secondary N) is 1. The molecule has 0 fully saturated rings. The molecule has 0 radical (unpaired) electrons. The molecule has 0 bridgehead atoms. The van der Waals surface area contributed by atoms with Crippen LogP contribution in [-0.2, 0) is 13.0 Å². The summed E-state index contributed by atoms with van der Waals surface area (Å²) < 4.78 is 2.12. The van der Waals surface area contributed by atoms with Crippen LogP contribution in [0.25, 0.3) is 11.5 Å². The van der Waals surface area contributed by atoms with Gasteiger partial charge in [-0.1, -0.05) is 0 Å².